The van der Waals surface area contributed by atoms with Crippen LogP contribution in [-0.2, 0) is 5.41 Å². The molecule has 0 atom stereocenters. The molecule has 2 aromatic heterocycles. The maximum Gasteiger partial charge on any atom is 0.126 e. The van der Waals surface area contributed by atoms with Crippen molar-refractivity contribution in [1.82, 2.24) is 15.3 Å². The molecule has 0 unspecified atom stereocenters. The first-order valence-electron chi connectivity index (χ1n) is 7.44. The quantitative estimate of drug-likeness (QED) is 0.854. The van der Waals surface area contributed by atoms with Gasteiger partial charge in [0.05, 0.1) is 15.9 Å². The molecule has 116 valence electrons. The molecule has 1 saturated heterocycles. The van der Waals surface area contributed by atoms with Crippen LogP contribution in [0.25, 0.3) is 10.2 Å². The molecule has 3 nitrogen and oxygen atoms in total. The molecule has 0 amide bonds. The van der Waals surface area contributed by atoms with Crippen LogP contribution in [0.1, 0.15) is 55.9 Å². The van der Waals surface area contributed by atoms with Gasteiger partial charge in [0, 0.05) is 10.8 Å². The van der Waals surface area contributed by atoms with Crippen LogP contribution >= 0.6 is 23.7 Å². The molecule has 1 N–H and O–H groups in total. The highest BCUT2D eigenvalue weighted by Crippen LogP contribution is 2.38. The number of fused-ring (bicyclic) bond motifs is 1. The summed E-state index contributed by atoms with van der Waals surface area (Å²) in [6, 6.07) is 2.26. The third-order valence-electron chi connectivity index (χ3n) is 3.97. The summed E-state index contributed by atoms with van der Waals surface area (Å²) in [5.41, 5.74) is 2.61. The molecule has 0 saturated carbocycles. The van der Waals surface area contributed by atoms with E-state index in [1.165, 1.54) is 28.1 Å². The van der Waals surface area contributed by atoms with Gasteiger partial charge in [-0.2, -0.15) is 0 Å². The van der Waals surface area contributed by atoms with Gasteiger partial charge in [-0.1, -0.05) is 20.8 Å². The Morgan fingerprint density at radius 2 is 1.86 bits per heavy atom. The summed E-state index contributed by atoms with van der Waals surface area (Å²) in [7, 11) is 0. The summed E-state index contributed by atoms with van der Waals surface area (Å²) >= 11 is 1.89. The second-order valence-corrected chi connectivity index (χ2v) is 7.81. The standard InChI is InChI=1S/C16H23N3S.ClH/c1-10-18-12-9-13(16(2,3)4)20-15(12)14(19-10)11-5-7-17-8-6-11;/h9,11,17H,5-8H2,1-4H3;1H. The molecule has 5 heteroatoms. The Labute approximate surface area is 137 Å². The highest BCUT2D eigenvalue weighted by molar-refractivity contribution is 7.19. The van der Waals surface area contributed by atoms with Crippen LogP contribution in [0, 0.1) is 6.92 Å². The van der Waals surface area contributed by atoms with Crippen molar-refractivity contribution in [2.75, 3.05) is 13.1 Å². The lowest BCUT2D eigenvalue weighted by atomic mass is 9.93. The molecular weight excluding hydrogens is 302 g/mol. The van der Waals surface area contributed by atoms with E-state index in [0.717, 1.165) is 24.4 Å². The average Bonchev–Trinajstić information content (AvgIpc) is 2.82. The third kappa shape index (κ3) is 3.38. The van der Waals surface area contributed by atoms with Crippen molar-refractivity contribution in [3.05, 3.63) is 22.5 Å². The molecular formula is C16H24ClN3S. The number of nitrogens with one attached hydrogen (secondary N) is 1. The zero-order chi connectivity index (χ0) is 14.3. The predicted molar refractivity (Wildman–Crippen MR) is 92.9 cm³/mol. The van der Waals surface area contributed by atoms with Crippen LogP contribution in [0.5, 0.6) is 0 Å². The number of thiophene rings is 1. The molecule has 0 radical (unpaired) electrons. The van der Waals surface area contributed by atoms with Crippen molar-refractivity contribution >= 4 is 34.0 Å². The predicted octanol–water partition coefficient (Wildman–Crippen LogP) is 4.19. The lowest BCUT2D eigenvalue weighted by Gasteiger charge is -2.22. The fraction of sp³-hybridized carbons (Fsp3) is 0.625. The summed E-state index contributed by atoms with van der Waals surface area (Å²) in [6.07, 6.45) is 2.38. The number of piperidine rings is 1. The van der Waals surface area contributed by atoms with Gasteiger partial charge in [-0.25, -0.2) is 9.97 Å². The number of halogens is 1. The Morgan fingerprint density at radius 1 is 1.19 bits per heavy atom. The van der Waals surface area contributed by atoms with E-state index in [1.54, 1.807) is 0 Å². The minimum Gasteiger partial charge on any atom is -0.317 e. The fourth-order valence-corrected chi connectivity index (χ4v) is 4.04. The monoisotopic (exact) mass is 325 g/mol. The molecule has 0 aromatic carbocycles. The van der Waals surface area contributed by atoms with Crippen molar-refractivity contribution in [2.24, 2.45) is 0 Å². The first-order valence-corrected chi connectivity index (χ1v) is 8.26. The van der Waals surface area contributed by atoms with Crippen LogP contribution in [0.3, 0.4) is 0 Å². The van der Waals surface area contributed by atoms with Gasteiger partial charge in [-0.3, -0.25) is 0 Å². The van der Waals surface area contributed by atoms with Crippen molar-refractivity contribution in [2.45, 2.75) is 51.9 Å². The Bertz CT molecular complexity index is 624. The molecule has 0 aliphatic carbocycles. The minimum absolute atomic E-state index is 0. The normalized spacial score (nSPS) is 17.0. The molecule has 0 spiro atoms. The van der Waals surface area contributed by atoms with Crippen LogP contribution < -0.4 is 5.32 Å². The van der Waals surface area contributed by atoms with Gasteiger partial charge < -0.3 is 5.32 Å². The molecule has 3 heterocycles. The van der Waals surface area contributed by atoms with Gasteiger partial charge in [-0.05, 0) is 44.3 Å². The number of rotatable bonds is 1. The lowest BCUT2D eigenvalue weighted by Crippen LogP contribution is -2.27. The third-order valence-corrected chi connectivity index (χ3v) is 5.55. The average molecular weight is 326 g/mol. The highest BCUT2D eigenvalue weighted by atomic mass is 35.5. The summed E-state index contributed by atoms with van der Waals surface area (Å²) in [6.45, 7) is 11.0. The molecule has 2 aromatic rings. The van der Waals surface area contributed by atoms with Crippen molar-refractivity contribution in [3.63, 3.8) is 0 Å². The van der Waals surface area contributed by atoms with Gasteiger partial charge >= 0.3 is 0 Å². The number of hydrogen-bond donors (Lipinski definition) is 1. The van der Waals surface area contributed by atoms with Crippen LogP contribution in [-0.4, -0.2) is 23.1 Å². The SMILES string of the molecule is Cc1nc(C2CCNCC2)c2sc(C(C)(C)C)cc2n1.Cl. The van der Waals surface area contributed by atoms with Gasteiger partial charge in [0.1, 0.15) is 5.82 Å². The summed E-state index contributed by atoms with van der Waals surface area (Å²) in [5.74, 6) is 1.50. The molecule has 1 fully saturated rings. The van der Waals surface area contributed by atoms with Crippen molar-refractivity contribution < 1.29 is 0 Å². The van der Waals surface area contributed by atoms with Crippen molar-refractivity contribution in [1.29, 1.82) is 0 Å². The maximum atomic E-state index is 4.79. The van der Waals surface area contributed by atoms with E-state index in [0.29, 0.717) is 5.92 Å². The van der Waals surface area contributed by atoms with E-state index in [1.807, 2.05) is 18.3 Å². The second kappa shape index (κ2) is 6.19. The first kappa shape index (κ1) is 16.7. The Morgan fingerprint density at radius 3 is 2.48 bits per heavy atom. The Hall–Kier alpha value is -0.710. The summed E-state index contributed by atoms with van der Waals surface area (Å²) in [5, 5.41) is 3.44. The Kier molecular flexibility index (Phi) is 4.91. The van der Waals surface area contributed by atoms with Crippen LogP contribution in [0.2, 0.25) is 0 Å². The van der Waals surface area contributed by atoms with Gasteiger partial charge in [0.15, 0.2) is 0 Å². The van der Waals surface area contributed by atoms with Crippen LogP contribution in [0.4, 0.5) is 0 Å². The Balaban J connectivity index is 0.00000161. The zero-order valence-electron chi connectivity index (χ0n) is 13.2. The molecule has 1 aliphatic heterocycles. The van der Waals surface area contributed by atoms with E-state index in [2.05, 4.69) is 37.1 Å². The lowest BCUT2D eigenvalue weighted by molar-refractivity contribution is 0.455. The number of nitrogens with zero attached hydrogens (tertiary/aromatic N) is 2. The minimum atomic E-state index is 0. The second-order valence-electron chi connectivity index (χ2n) is 6.76. The topological polar surface area (TPSA) is 37.8 Å². The van der Waals surface area contributed by atoms with E-state index in [9.17, 15) is 0 Å². The smallest absolute Gasteiger partial charge is 0.126 e. The summed E-state index contributed by atoms with van der Waals surface area (Å²) in [4.78, 5) is 10.8. The molecule has 0 bridgehead atoms. The molecule has 21 heavy (non-hydrogen) atoms. The number of aromatic nitrogens is 2. The van der Waals surface area contributed by atoms with Gasteiger partial charge in [0.2, 0.25) is 0 Å². The van der Waals surface area contributed by atoms with Crippen LogP contribution in [0.15, 0.2) is 6.07 Å². The number of hydrogen-bond acceptors (Lipinski definition) is 4. The molecule has 3 rings (SSSR count). The fourth-order valence-electron chi connectivity index (χ4n) is 2.81. The zero-order valence-corrected chi connectivity index (χ0v) is 14.8. The van der Waals surface area contributed by atoms with E-state index in [4.69, 9.17) is 4.98 Å². The molecule has 1 aliphatic rings. The largest absolute Gasteiger partial charge is 0.317 e. The first-order chi connectivity index (χ1) is 9.45. The van der Waals surface area contributed by atoms with E-state index < -0.39 is 0 Å². The maximum absolute atomic E-state index is 4.79. The van der Waals surface area contributed by atoms with Crippen molar-refractivity contribution in [3.8, 4) is 0 Å². The van der Waals surface area contributed by atoms with E-state index in [-0.39, 0.29) is 17.8 Å². The summed E-state index contributed by atoms with van der Waals surface area (Å²) < 4.78 is 1.31. The number of aryl methyl sites for hydroxylation is 1. The highest BCUT2D eigenvalue weighted by Gasteiger charge is 2.24. The van der Waals surface area contributed by atoms with Gasteiger partial charge in [-0.15, -0.1) is 23.7 Å². The van der Waals surface area contributed by atoms with Gasteiger partial charge in [0.25, 0.3) is 0 Å². The van der Waals surface area contributed by atoms with E-state index >= 15 is 0 Å².